The molecule has 1 fully saturated rings. The number of benzene rings is 1. The molecule has 1 aromatic rings. The number of aromatic carboxylic acids is 1. The summed E-state index contributed by atoms with van der Waals surface area (Å²) < 4.78 is 45.2. The molecule has 0 radical (unpaired) electrons. The van der Waals surface area contributed by atoms with Gasteiger partial charge in [-0.1, -0.05) is 11.6 Å². The lowest BCUT2D eigenvalue weighted by molar-refractivity contribution is 0.0697. The smallest absolute Gasteiger partial charge is 0.337 e. The Morgan fingerprint density at radius 3 is 2.41 bits per heavy atom. The third-order valence-corrected chi connectivity index (χ3v) is 6.23. The molecular weight excluding hydrogens is 354 g/mol. The maximum absolute atomic E-state index is 11.7. The van der Waals surface area contributed by atoms with Gasteiger partial charge < -0.3 is 5.11 Å². The van der Waals surface area contributed by atoms with E-state index in [1.54, 1.807) is 0 Å². The molecule has 0 saturated carbocycles. The number of carboxylic acids is 1. The Morgan fingerprint density at radius 1 is 1.32 bits per heavy atom. The van der Waals surface area contributed by atoms with E-state index in [2.05, 4.69) is 0 Å². The van der Waals surface area contributed by atoms with Crippen molar-refractivity contribution >= 4 is 44.4 Å². The summed E-state index contributed by atoms with van der Waals surface area (Å²) in [6.07, 6.45) is 0.306. The Kier molecular flexibility index (Phi) is 5.10. The van der Waals surface area contributed by atoms with Crippen molar-refractivity contribution in [1.29, 1.82) is 0 Å². The minimum absolute atomic E-state index is 0.00475. The molecule has 1 aromatic carbocycles. The lowest BCUT2D eigenvalue weighted by Crippen LogP contribution is -2.43. The van der Waals surface area contributed by atoms with Crippen molar-refractivity contribution in [3.8, 4) is 0 Å². The van der Waals surface area contributed by atoms with E-state index in [0.717, 1.165) is 4.31 Å². The number of nitrogens with zero attached hydrogens (tertiary/aromatic N) is 1. The average molecular weight is 368 g/mol. The number of carboxylic acid groups (broad SMARTS) is 1. The summed E-state index contributed by atoms with van der Waals surface area (Å²) in [6, 6.07) is 3.37. The molecule has 1 aliphatic heterocycles. The predicted octanol–water partition coefficient (Wildman–Crippen LogP) is 1.56. The second kappa shape index (κ2) is 6.53. The van der Waals surface area contributed by atoms with Gasteiger partial charge in [0.15, 0.2) is 0 Å². The van der Waals surface area contributed by atoms with Crippen LogP contribution in [0.3, 0.4) is 0 Å². The summed E-state index contributed by atoms with van der Waals surface area (Å²) >= 11 is 3.36. The van der Waals surface area contributed by atoms with Crippen molar-refractivity contribution in [2.24, 2.45) is 0 Å². The van der Waals surface area contributed by atoms with Gasteiger partial charge in [-0.15, -0.1) is 0 Å². The number of halogens is 1. The normalized spacial score (nSPS) is 19.5. The van der Waals surface area contributed by atoms with Gasteiger partial charge >= 0.3 is 5.97 Å². The van der Waals surface area contributed by atoms with Gasteiger partial charge in [-0.2, -0.15) is 0 Å². The minimum atomic E-state index is -3.14. The van der Waals surface area contributed by atoms with E-state index in [0.29, 0.717) is 0 Å². The number of anilines is 1. The van der Waals surface area contributed by atoms with E-state index in [9.17, 15) is 27.1 Å². The fourth-order valence-corrected chi connectivity index (χ4v) is 4.81. The van der Waals surface area contributed by atoms with Gasteiger partial charge in [0.2, 0.25) is 0 Å². The summed E-state index contributed by atoms with van der Waals surface area (Å²) in [5.74, 6) is -1.46. The van der Waals surface area contributed by atoms with Crippen molar-refractivity contribution < 1.29 is 27.1 Å². The molecule has 0 amide bonds. The van der Waals surface area contributed by atoms with Gasteiger partial charge in [-0.05, 0) is 31.0 Å². The van der Waals surface area contributed by atoms with Crippen LogP contribution in [0.1, 0.15) is 23.2 Å². The second-order valence-corrected chi connectivity index (χ2v) is 8.50. The van der Waals surface area contributed by atoms with Crippen LogP contribution in [0, 0.1) is 0 Å². The lowest BCUT2D eigenvalue weighted by Gasteiger charge is -2.33. The lowest BCUT2D eigenvalue weighted by atomic mass is 10.1. The first kappa shape index (κ1) is 17.2. The van der Waals surface area contributed by atoms with Gasteiger partial charge in [-0.3, -0.25) is 8.86 Å². The minimum Gasteiger partial charge on any atom is -0.478 e. The van der Waals surface area contributed by atoms with Crippen LogP contribution in [0.2, 0.25) is 5.02 Å². The molecule has 1 heterocycles. The number of hydrogen-bond acceptors (Lipinski definition) is 4. The maximum Gasteiger partial charge on any atom is 0.337 e. The summed E-state index contributed by atoms with van der Waals surface area (Å²) in [5, 5.41) is 9.44. The molecule has 2 N–H and O–H groups in total. The maximum atomic E-state index is 11.7. The van der Waals surface area contributed by atoms with E-state index in [1.807, 2.05) is 0 Å². The number of rotatable bonds is 4. The summed E-state index contributed by atoms with van der Waals surface area (Å²) in [7, 11) is -3.14. The Hall–Kier alpha value is -1.16. The van der Waals surface area contributed by atoms with Crippen LogP contribution in [0.4, 0.5) is 5.69 Å². The fourth-order valence-electron chi connectivity index (χ4n) is 2.39. The molecule has 0 bridgehead atoms. The van der Waals surface area contributed by atoms with Gasteiger partial charge in [-0.25, -0.2) is 17.4 Å². The van der Waals surface area contributed by atoms with Crippen LogP contribution < -0.4 is 4.31 Å². The number of sulfone groups is 1. The third kappa shape index (κ3) is 3.78. The zero-order chi connectivity index (χ0) is 16.5. The highest BCUT2D eigenvalue weighted by atomic mass is 35.5. The van der Waals surface area contributed by atoms with Crippen molar-refractivity contribution in [2.75, 3.05) is 15.8 Å². The zero-order valence-electron chi connectivity index (χ0n) is 11.3. The molecule has 0 spiro atoms. The monoisotopic (exact) mass is 367 g/mol. The van der Waals surface area contributed by atoms with Crippen LogP contribution in [-0.2, 0) is 21.1 Å². The van der Waals surface area contributed by atoms with Gasteiger partial charge in [0, 0.05) is 11.1 Å². The quantitative estimate of drug-likeness (QED) is 0.781. The van der Waals surface area contributed by atoms with Crippen LogP contribution >= 0.6 is 11.6 Å². The molecule has 1 unspecified atom stereocenters. The predicted molar refractivity (Wildman–Crippen MR) is 83.3 cm³/mol. The molecule has 1 aliphatic rings. The highest BCUT2D eigenvalue weighted by molar-refractivity contribution is 7.91. The Labute approximate surface area is 135 Å². The first-order chi connectivity index (χ1) is 10.2. The Bertz CT molecular complexity index is 706. The molecule has 1 atom stereocenters. The van der Waals surface area contributed by atoms with E-state index in [-0.39, 0.29) is 40.6 Å². The zero-order valence-corrected chi connectivity index (χ0v) is 13.7. The number of hydrogen-bond donors (Lipinski definition) is 2. The first-order valence-corrected chi connectivity index (χ1v) is 9.61. The van der Waals surface area contributed by atoms with Gasteiger partial charge in [0.1, 0.15) is 9.84 Å². The Morgan fingerprint density at radius 2 is 1.91 bits per heavy atom. The summed E-state index contributed by atoms with van der Waals surface area (Å²) in [4.78, 5) is 11.3. The van der Waals surface area contributed by atoms with Crippen LogP contribution in [-0.4, -0.2) is 45.8 Å². The molecular formula is C12H14ClNO6S2. The second-order valence-electron chi connectivity index (χ2n) is 4.91. The molecule has 0 aliphatic carbocycles. The highest BCUT2D eigenvalue weighted by Gasteiger charge is 2.33. The summed E-state index contributed by atoms with van der Waals surface area (Å²) in [5.41, 5.74) is -0.162. The molecule has 7 nitrogen and oxygen atoms in total. The van der Waals surface area contributed by atoms with E-state index in [4.69, 9.17) is 11.6 Å². The molecule has 10 heteroatoms. The molecule has 122 valence electrons. The van der Waals surface area contributed by atoms with Crippen LogP contribution in [0.25, 0.3) is 0 Å². The van der Waals surface area contributed by atoms with Crippen molar-refractivity contribution in [1.82, 2.24) is 0 Å². The average Bonchev–Trinajstić information content (AvgIpc) is 2.40. The van der Waals surface area contributed by atoms with Gasteiger partial charge in [0.25, 0.3) is 11.3 Å². The number of carbonyl (C=O) groups is 1. The standard InChI is InChI=1S/C12H14ClNO6S2/c13-8-1-2-10(12(15)16)11(7-8)14(21(17)18)9-3-5-22(19,20)6-4-9/h1-2,7,9H,3-6H2,(H,15,16)(H,17,18). The van der Waals surface area contributed by atoms with E-state index in [1.165, 1.54) is 18.2 Å². The highest BCUT2D eigenvalue weighted by Crippen LogP contribution is 2.31. The van der Waals surface area contributed by atoms with Crippen molar-refractivity contribution in [3.05, 3.63) is 28.8 Å². The van der Waals surface area contributed by atoms with Crippen LogP contribution in [0.15, 0.2) is 18.2 Å². The molecule has 2 rings (SSSR count). The first-order valence-electron chi connectivity index (χ1n) is 6.35. The third-order valence-electron chi connectivity index (χ3n) is 3.45. The topological polar surface area (TPSA) is 112 Å². The van der Waals surface area contributed by atoms with E-state index >= 15 is 0 Å². The van der Waals surface area contributed by atoms with Gasteiger partial charge in [0.05, 0.1) is 22.8 Å². The largest absolute Gasteiger partial charge is 0.478 e. The van der Waals surface area contributed by atoms with E-state index < -0.39 is 33.1 Å². The van der Waals surface area contributed by atoms with Crippen molar-refractivity contribution in [3.63, 3.8) is 0 Å². The van der Waals surface area contributed by atoms with Crippen LogP contribution in [0.5, 0.6) is 0 Å². The molecule has 1 saturated heterocycles. The fraction of sp³-hybridized carbons (Fsp3) is 0.417. The molecule has 0 aromatic heterocycles. The SMILES string of the molecule is O=C(O)c1ccc(Cl)cc1N(C1CCS(=O)(=O)CC1)S(=O)O. The van der Waals surface area contributed by atoms with Crippen molar-refractivity contribution in [2.45, 2.75) is 18.9 Å². The Balaban J connectivity index is 2.43. The summed E-state index contributed by atoms with van der Waals surface area (Å²) in [6.45, 7) is 0. The molecule has 22 heavy (non-hydrogen) atoms.